The van der Waals surface area contributed by atoms with E-state index in [1.165, 1.54) is 0 Å². The molecule has 3 nitrogen and oxygen atoms in total. The Hall–Kier alpha value is -0.920. The highest BCUT2D eigenvalue weighted by Crippen LogP contribution is 2.39. The maximum atomic E-state index is 12.6. The molecule has 0 atom stereocenters. The number of carbonyl (C=O) groups excluding carboxylic acids is 1. The van der Waals surface area contributed by atoms with Gasteiger partial charge in [0.05, 0.1) is 18.7 Å². The van der Waals surface area contributed by atoms with E-state index < -0.39 is 36.7 Å². The van der Waals surface area contributed by atoms with Crippen molar-refractivity contribution < 1.29 is 31.9 Å². The lowest BCUT2D eigenvalue weighted by Crippen LogP contribution is -2.67. The van der Waals surface area contributed by atoms with Crippen LogP contribution in [0.15, 0.2) is 0 Å². The van der Waals surface area contributed by atoms with Crippen LogP contribution in [0.25, 0.3) is 0 Å². The van der Waals surface area contributed by atoms with Crippen LogP contribution in [0.5, 0.6) is 0 Å². The number of likely N-dealkylation sites (tertiary alicyclic amines) is 1. The summed E-state index contributed by atoms with van der Waals surface area (Å²) >= 11 is 0. The third-order valence-electron chi connectivity index (χ3n) is 2.54. The van der Waals surface area contributed by atoms with Crippen molar-refractivity contribution in [3.8, 4) is 0 Å². The van der Waals surface area contributed by atoms with Gasteiger partial charge < -0.3 is 10.0 Å². The minimum absolute atomic E-state index is 0.189. The molecular weight excluding hydrogens is 237 g/mol. The fourth-order valence-corrected chi connectivity index (χ4v) is 1.35. The molecule has 0 aliphatic carbocycles. The lowest BCUT2D eigenvalue weighted by atomic mass is 9.91. The van der Waals surface area contributed by atoms with Crippen molar-refractivity contribution in [3.63, 3.8) is 0 Å². The van der Waals surface area contributed by atoms with Crippen LogP contribution in [0.3, 0.4) is 0 Å². The zero-order valence-corrected chi connectivity index (χ0v) is 8.31. The Morgan fingerprint density at radius 3 is 2.06 bits per heavy atom. The number of alkyl halides is 5. The molecule has 8 heteroatoms. The second-order valence-corrected chi connectivity index (χ2v) is 3.81. The predicted octanol–water partition coefficient (Wildman–Crippen LogP) is 1.17. The van der Waals surface area contributed by atoms with Gasteiger partial charge in [0.15, 0.2) is 0 Å². The summed E-state index contributed by atoms with van der Waals surface area (Å²) in [6.45, 7) is 0.561. The van der Waals surface area contributed by atoms with Crippen molar-refractivity contribution in [1.82, 2.24) is 4.90 Å². The van der Waals surface area contributed by atoms with Gasteiger partial charge >= 0.3 is 18.0 Å². The van der Waals surface area contributed by atoms with Crippen LogP contribution in [0.2, 0.25) is 0 Å². The first kappa shape index (κ1) is 13.1. The molecular formula is C8H10F5NO2. The number of aliphatic hydroxyl groups is 1. The topological polar surface area (TPSA) is 40.5 Å². The summed E-state index contributed by atoms with van der Waals surface area (Å²) in [7, 11) is 0. The standard InChI is InChI=1S/C8H10F5NO2/c1-2-6(16)3-14(4-6)5(15)7(9,10)8(11,12)13/h16H,2-4H2,1H3. The highest BCUT2D eigenvalue weighted by molar-refractivity contribution is 5.85. The SMILES string of the molecule is CCC1(O)CN(C(=O)C(F)(F)C(F)(F)F)C1. The molecule has 16 heavy (non-hydrogen) atoms. The van der Waals surface area contributed by atoms with E-state index in [0.717, 1.165) is 0 Å². The summed E-state index contributed by atoms with van der Waals surface area (Å²) in [5.74, 6) is -7.69. The van der Waals surface area contributed by atoms with Crippen molar-refractivity contribution >= 4 is 5.91 Å². The molecule has 0 saturated carbocycles. The molecule has 0 bridgehead atoms. The van der Waals surface area contributed by atoms with E-state index in [-0.39, 0.29) is 6.42 Å². The lowest BCUT2D eigenvalue weighted by Gasteiger charge is -2.46. The number of nitrogens with zero attached hydrogens (tertiary/aromatic N) is 1. The molecule has 1 heterocycles. The number of halogens is 5. The van der Waals surface area contributed by atoms with Crippen molar-refractivity contribution in [2.45, 2.75) is 31.0 Å². The van der Waals surface area contributed by atoms with Gasteiger partial charge in [-0.2, -0.15) is 22.0 Å². The zero-order valence-electron chi connectivity index (χ0n) is 8.31. The highest BCUT2D eigenvalue weighted by atomic mass is 19.4. The average molecular weight is 247 g/mol. The predicted molar refractivity (Wildman–Crippen MR) is 42.8 cm³/mol. The summed E-state index contributed by atoms with van der Waals surface area (Å²) in [5.41, 5.74) is -1.34. The fourth-order valence-electron chi connectivity index (χ4n) is 1.35. The molecule has 0 aromatic carbocycles. The molecule has 1 aliphatic heterocycles. The summed E-state index contributed by atoms with van der Waals surface area (Å²) in [5, 5.41) is 9.39. The molecule has 0 aromatic heterocycles. The number of β-amino-alcohol motifs (C(OH)–C–C–N with tert-alkyl or cyclic N) is 1. The number of amides is 1. The fraction of sp³-hybridized carbons (Fsp3) is 0.875. The minimum atomic E-state index is -5.90. The van der Waals surface area contributed by atoms with Crippen LogP contribution in [-0.2, 0) is 4.79 Å². The molecule has 1 N–H and O–H groups in total. The van der Waals surface area contributed by atoms with Crippen LogP contribution < -0.4 is 0 Å². The van der Waals surface area contributed by atoms with Gasteiger partial charge in [-0.15, -0.1) is 0 Å². The zero-order chi connectivity index (χ0) is 12.8. The summed E-state index contributed by atoms with van der Waals surface area (Å²) in [6.07, 6.45) is -5.71. The normalized spacial score (nSPS) is 20.6. The van der Waals surface area contributed by atoms with Gasteiger partial charge in [0.25, 0.3) is 0 Å². The van der Waals surface area contributed by atoms with E-state index in [1.54, 1.807) is 6.92 Å². The molecule has 0 radical (unpaired) electrons. The molecule has 1 aliphatic rings. The van der Waals surface area contributed by atoms with Gasteiger partial charge in [0.2, 0.25) is 0 Å². The molecule has 1 fully saturated rings. The minimum Gasteiger partial charge on any atom is -0.386 e. The monoisotopic (exact) mass is 247 g/mol. The number of rotatable bonds is 2. The molecule has 1 amide bonds. The van der Waals surface area contributed by atoms with Gasteiger partial charge in [-0.1, -0.05) is 6.92 Å². The Bertz CT molecular complexity index is 295. The number of hydrogen-bond acceptors (Lipinski definition) is 2. The molecule has 94 valence electrons. The average Bonchev–Trinajstić information content (AvgIpc) is 2.09. The van der Waals surface area contributed by atoms with Gasteiger partial charge in [-0.3, -0.25) is 4.79 Å². The molecule has 0 unspecified atom stereocenters. The van der Waals surface area contributed by atoms with Gasteiger partial charge in [-0.25, -0.2) is 0 Å². The van der Waals surface area contributed by atoms with E-state index in [2.05, 4.69) is 0 Å². The molecule has 1 rings (SSSR count). The van der Waals surface area contributed by atoms with Crippen LogP contribution in [0.1, 0.15) is 13.3 Å². The summed E-state index contributed by atoms with van der Waals surface area (Å²) < 4.78 is 60.6. The Morgan fingerprint density at radius 1 is 1.31 bits per heavy atom. The van der Waals surface area contributed by atoms with Gasteiger partial charge in [-0.05, 0) is 6.42 Å². The number of carbonyl (C=O) groups is 1. The van der Waals surface area contributed by atoms with Crippen LogP contribution in [0.4, 0.5) is 22.0 Å². The number of hydrogen-bond donors (Lipinski definition) is 1. The first-order valence-electron chi connectivity index (χ1n) is 4.50. The van der Waals surface area contributed by atoms with Crippen LogP contribution in [-0.4, -0.2) is 46.7 Å². The van der Waals surface area contributed by atoms with E-state index in [1.807, 2.05) is 0 Å². The van der Waals surface area contributed by atoms with Crippen molar-refractivity contribution in [2.75, 3.05) is 13.1 Å². The lowest BCUT2D eigenvalue weighted by molar-refractivity contribution is -0.279. The summed E-state index contributed by atoms with van der Waals surface area (Å²) in [4.78, 5) is 11.1. The second kappa shape index (κ2) is 3.54. The van der Waals surface area contributed by atoms with E-state index in [4.69, 9.17) is 0 Å². The van der Waals surface area contributed by atoms with Crippen molar-refractivity contribution in [1.29, 1.82) is 0 Å². The molecule has 0 aromatic rings. The van der Waals surface area contributed by atoms with Gasteiger partial charge in [0, 0.05) is 0 Å². The first-order chi connectivity index (χ1) is 7.03. The molecule has 0 spiro atoms. The second-order valence-electron chi connectivity index (χ2n) is 3.81. The van der Waals surface area contributed by atoms with E-state index >= 15 is 0 Å². The third kappa shape index (κ3) is 1.98. The highest BCUT2D eigenvalue weighted by Gasteiger charge is 2.66. The Labute approximate surface area is 87.8 Å². The Kier molecular flexibility index (Phi) is 2.91. The van der Waals surface area contributed by atoms with Crippen molar-refractivity contribution in [3.05, 3.63) is 0 Å². The Balaban J connectivity index is 2.69. The Morgan fingerprint density at radius 2 is 1.75 bits per heavy atom. The first-order valence-corrected chi connectivity index (χ1v) is 4.50. The van der Waals surface area contributed by atoms with Crippen LogP contribution >= 0.6 is 0 Å². The maximum Gasteiger partial charge on any atom is 0.463 e. The molecule has 1 saturated heterocycles. The van der Waals surface area contributed by atoms with Crippen molar-refractivity contribution in [2.24, 2.45) is 0 Å². The maximum absolute atomic E-state index is 12.6. The smallest absolute Gasteiger partial charge is 0.386 e. The largest absolute Gasteiger partial charge is 0.463 e. The van der Waals surface area contributed by atoms with E-state index in [0.29, 0.717) is 4.90 Å². The third-order valence-corrected chi connectivity index (χ3v) is 2.54. The summed E-state index contributed by atoms with van der Waals surface area (Å²) in [6, 6.07) is 0. The quantitative estimate of drug-likeness (QED) is 0.744. The van der Waals surface area contributed by atoms with E-state index in [9.17, 15) is 31.9 Å². The van der Waals surface area contributed by atoms with Gasteiger partial charge in [0.1, 0.15) is 0 Å². The van der Waals surface area contributed by atoms with Crippen LogP contribution in [0, 0.1) is 0 Å².